The van der Waals surface area contributed by atoms with Crippen molar-refractivity contribution in [1.82, 2.24) is 14.6 Å². The van der Waals surface area contributed by atoms with Crippen LogP contribution in [0.2, 0.25) is 5.15 Å². The second kappa shape index (κ2) is 4.31. The van der Waals surface area contributed by atoms with Gasteiger partial charge in [0.1, 0.15) is 16.7 Å². The second-order valence-electron chi connectivity index (χ2n) is 4.00. The van der Waals surface area contributed by atoms with Crippen LogP contribution in [-0.2, 0) is 6.42 Å². The quantitative estimate of drug-likeness (QED) is 0.720. The van der Waals surface area contributed by atoms with Crippen molar-refractivity contribution in [3.8, 4) is 5.75 Å². The summed E-state index contributed by atoms with van der Waals surface area (Å²) in [6.45, 7) is 0. The number of phenols is 1. The summed E-state index contributed by atoms with van der Waals surface area (Å²) in [6, 6.07) is 12.5. The summed E-state index contributed by atoms with van der Waals surface area (Å²) in [5.74, 6) is 1.03. The van der Waals surface area contributed by atoms with Crippen molar-refractivity contribution in [2.24, 2.45) is 0 Å². The van der Waals surface area contributed by atoms with Gasteiger partial charge in [0.15, 0.2) is 5.65 Å². The van der Waals surface area contributed by atoms with E-state index in [1.807, 2.05) is 28.7 Å². The van der Waals surface area contributed by atoms with Gasteiger partial charge in [-0.2, -0.15) is 0 Å². The fraction of sp³-hybridized carbons (Fsp3) is 0.0769. The first-order chi connectivity index (χ1) is 8.74. The lowest BCUT2D eigenvalue weighted by Gasteiger charge is -2.02. The lowest BCUT2D eigenvalue weighted by molar-refractivity contribution is 0.475. The number of hydrogen-bond acceptors (Lipinski definition) is 3. The minimum absolute atomic E-state index is 0.253. The molecule has 4 nitrogen and oxygen atoms in total. The largest absolute Gasteiger partial charge is 0.508 e. The summed E-state index contributed by atoms with van der Waals surface area (Å²) >= 11 is 6.14. The van der Waals surface area contributed by atoms with Crippen molar-refractivity contribution in [3.63, 3.8) is 0 Å². The molecule has 0 fully saturated rings. The molecule has 0 saturated carbocycles. The third-order valence-corrected chi connectivity index (χ3v) is 3.04. The highest BCUT2D eigenvalue weighted by Gasteiger charge is 2.08. The van der Waals surface area contributed by atoms with E-state index < -0.39 is 0 Å². The Labute approximate surface area is 108 Å². The number of halogens is 1. The minimum Gasteiger partial charge on any atom is -0.508 e. The number of aromatic hydroxyl groups is 1. The van der Waals surface area contributed by atoms with E-state index in [9.17, 15) is 5.11 Å². The molecule has 5 heteroatoms. The van der Waals surface area contributed by atoms with Gasteiger partial charge in [-0.15, -0.1) is 10.2 Å². The third-order valence-electron chi connectivity index (χ3n) is 2.75. The standard InChI is InChI=1S/C13H10ClN3O/c14-11-2-1-3-12-15-16-13(17(11)12)8-9-4-6-10(18)7-5-9/h1-7,18H,8H2. The minimum atomic E-state index is 0.253. The summed E-state index contributed by atoms with van der Waals surface area (Å²) in [5, 5.41) is 18.0. The maximum Gasteiger partial charge on any atom is 0.161 e. The van der Waals surface area contributed by atoms with Crippen LogP contribution < -0.4 is 0 Å². The van der Waals surface area contributed by atoms with E-state index in [4.69, 9.17) is 11.6 Å². The van der Waals surface area contributed by atoms with Crippen LogP contribution in [0.25, 0.3) is 5.65 Å². The molecule has 3 rings (SSSR count). The zero-order chi connectivity index (χ0) is 12.5. The van der Waals surface area contributed by atoms with Crippen LogP contribution in [0.15, 0.2) is 42.5 Å². The van der Waals surface area contributed by atoms with E-state index in [-0.39, 0.29) is 5.75 Å². The smallest absolute Gasteiger partial charge is 0.161 e. The van der Waals surface area contributed by atoms with Crippen LogP contribution in [0.4, 0.5) is 0 Å². The maximum absolute atomic E-state index is 9.24. The van der Waals surface area contributed by atoms with Crippen molar-refractivity contribution in [3.05, 3.63) is 59.0 Å². The Morgan fingerprint density at radius 2 is 1.83 bits per heavy atom. The molecule has 0 unspecified atom stereocenters. The molecule has 18 heavy (non-hydrogen) atoms. The highest BCUT2D eigenvalue weighted by Crippen LogP contribution is 2.17. The van der Waals surface area contributed by atoms with E-state index in [1.165, 1.54) is 0 Å². The first-order valence-corrected chi connectivity index (χ1v) is 5.88. The van der Waals surface area contributed by atoms with E-state index >= 15 is 0 Å². The number of benzene rings is 1. The molecular weight excluding hydrogens is 250 g/mol. The Morgan fingerprint density at radius 1 is 1.06 bits per heavy atom. The summed E-state index contributed by atoms with van der Waals surface area (Å²) < 4.78 is 1.81. The van der Waals surface area contributed by atoms with E-state index in [0.717, 1.165) is 17.0 Å². The predicted molar refractivity (Wildman–Crippen MR) is 68.9 cm³/mol. The summed E-state index contributed by atoms with van der Waals surface area (Å²) in [7, 11) is 0. The molecule has 2 heterocycles. The molecule has 0 amide bonds. The van der Waals surface area contributed by atoms with Crippen molar-refractivity contribution in [2.75, 3.05) is 0 Å². The Hall–Kier alpha value is -2.07. The first kappa shape index (κ1) is 11.0. The normalized spacial score (nSPS) is 10.9. The average Bonchev–Trinajstić information content (AvgIpc) is 2.77. The Kier molecular flexibility index (Phi) is 2.64. The lowest BCUT2D eigenvalue weighted by Crippen LogP contribution is -1.97. The topological polar surface area (TPSA) is 50.4 Å². The van der Waals surface area contributed by atoms with Crippen molar-refractivity contribution in [1.29, 1.82) is 0 Å². The van der Waals surface area contributed by atoms with Crippen molar-refractivity contribution in [2.45, 2.75) is 6.42 Å². The van der Waals surface area contributed by atoms with Crippen molar-refractivity contribution < 1.29 is 5.11 Å². The molecule has 0 saturated heterocycles. The Bertz CT molecular complexity index is 691. The molecule has 0 atom stereocenters. The number of aromatic nitrogens is 3. The number of fused-ring (bicyclic) bond motifs is 1. The number of rotatable bonds is 2. The first-order valence-electron chi connectivity index (χ1n) is 5.50. The Balaban J connectivity index is 2.02. The van der Waals surface area contributed by atoms with Gasteiger partial charge in [0, 0.05) is 6.42 Å². The second-order valence-corrected chi connectivity index (χ2v) is 4.39. The fourth-order valence-corrected chi connectivity index (χ4v) is 2.13. The van der Waals surface area contributed by atoms with Gasteiger partial charge in [-0.25, -0.2) is 0 Å². The number of phenolic OH excluding ortho intramolecular Hbond substituents is 1. The zero-order valence-electron chi connectivity index (χ0n) is 9.42. The molecule has 2 aromatic heterocycles. The fourth-order valence-electron chi connectivity index (χ4n) is 1.87. The number of pyridine rings is 1. The van der Waals surface area contributed by atoms with Gasteiger partial charge < -0.3 is 5.11 Å². The average molecular weight is 260 g/mol. The number of hydrogen-bond donors (Lipinski definition) is 1. The Morgan fingerprint density at radius 3 is 2.61 bits per heavy atom. The highest BCUT2D eigenvalue weighted by atomic mass is 35.5. The predicted octanol–water partition coefficient (Wildman–Crippen LogP) is 2.68. The highest BCUT2D eigenvalue weighted by molar-refractivity contribution is 6.29. The summed E-state index contributed by atoms with van der Waals surface area (Å²) in [6.07, 6.45) is 0.616. The van der Waals surface area contributed by atoms with Crippen LogP contribution in [0.5, 0.6) is 5.75 Å². The molecule has 0 radical (unpaired) electrons. The third kappa shape index (κ3) is 1.91. The van der Waals surface area contributed by atoms with Crippen LogP contribution in [0.1, 0.15) is 11.4 Å². The molecule has 0 aliphatic carbocycles. The molecule has 1 N–H and O–H groups in total. The van der Waals surface area contributed by atoms with Gasteiger partial charge in [-0.3, -0.25) is 4.40 Å². The molecule has 0 aliphatic heterocycles. The van der Waals surface area contributed by atoms with Gasteiger partial charge >= 0.3 is 0 Å². The lowest BCUT2D eigenvalue weighted by atomic mass is 10.1. The van der Waals surface area contributed by atoms with Gasteiger partial charge in [0.25, 0.3) is 0 Å². The van der Waals surface area contributed by atoms with Crippen LogP contribution in [0.3, 0.4) is 0 Å². The van der Waals surface area contributed by atoms with Crippen LogP contribution in [-0.4, -0.2) is 19.7 Å². The molecule has 0 aliphatic rings. The van der Waals surface area contributed by atoms with Gasteiger partial charge in [-0.1, -0.05) is 29.8 Å². The number of nitrogens with zero attached hydrogens (tertiary/aromatic N) is 3. The molecule has 0 spiro atoms. The monoisotopic (exact) mass is 259 g/mol. The van der Waals surface area contributed by atoms with Crippen LogP contribution in [0, 0.1) is 0 Å². The van der Waals surface area contributed by atoms with Gasteiger partial charge in [0.05, 0.1) is 0 Å². The molecule has 1 aromatic carbocycles. The summed E-state index contributed by atoms with van der Waals surface area (Å²) in [5.41, 5.74) is 1.78. The van der Waals surface area contributed by atoms with Crippen LogP contribution >= 0.6 is 11.6 Å². The van der Waals surface area contributed by atoms with Crippen molar-refractivity contribution >= 4 is 17.2 Å². The van der Waals surface area contributed by atoms with E-state index in [1.54, 1.807) is 18.2 Å². The van der Waals surface area contributed by atoms with Gasteiger partial charge in [0.2, 0.25) is 0 Å². The molecule has 90 valence electrons. The van der Waals surface area contributed by atoms with E-state index in [0.29, 0.717) is 11.6 Å². The van der Waals surface area contributed by atoms with Gasteiger partial charge in [-0.05, 0) is 29.8 Å². The maximum atomic E-state index is 9.24. The molecule has 3 aromatic rings. The van der Waals surface area contributed by atoms with E-state index in [2.05, 4.69) is 10.2 Å². The zero-order valence-corrected chi connectivity index (χ0v) is 10.2. The molecular formula is C13H10ClN3O. The molecule has 0 bridgehead atoms. The SMILES string of the molecule is Oc1ccc(Cc2nnc3cccc(Cl)n23)cc1. The summed E-state index contributed by atoms with van der Waals surface area (Å²) in [4.78, 5) is 0.